The fraction of sp³-hybridized carbons (Fsp3) is 0.500. The normalized spacial score (nSPS) is 17.3. The molecule has 2 aliphatic carbocycles. The molecule has 0 aliphatic heterocycles. The number of aryl methyl sites for hydroxylation is 4. The molecule has 4 rings (SSSR count). The molecule has 96 valence electrons. The zero-order valence-electron chi connectivity index (χ0n) is 10.8. The van der Waals surface area contributed by atoms with Crippen molar-refractivity contribution in [3.8, 4) is 0 Å². The minimum Gasteiger partial charge on any atom is -0.149 e. The Balaban J connectivity index is 0.000000114. The van der Waals surface area contributed by atoms with Crippen LogP contribution in [0.15, 0.2) is 22.9 Å². The summed E-state index contributed by atoms with van der Waals surface area (Å²) in [6.07, 6.45) is 11.0. The summed E-state index contributed by atoms with van der Waals surface area (Å²) < 4.78 is 0. The third-order valence-electron chi connectivity index (χ3n) is 3.88. The monoisotopic (exact) mass is 276 g/mol. The average molecular weight is 276 g/mol. The van der Waals surface area contributed by atoms with Crippen molar-refractivity contribution in [2.45, 2.75) is 51.4 Å². The van der Waals surface area contributed by atoms with E-state index in [1.54, 1.807) is 20.9 Å². The fourth-order valence-electron chi connectivity index (χ4n) is 2.84. The van der Waals surface area contributed by atoms with E-state index in [0.717, 1.165) is 0 Å². The highest BCUT2D eigenvalue weighted by molar-refractivity contribution is 7.10. The predicted octanol–water partition coefficient (Wildman–Crippen LogP) is 5.25. The van der Waals surface area contributed by atoms with Crippen LogP contribution in [0.25, 0.3) is 0 Å². The minimum atomic E-state index is 1.33. The smallest absolute Gasteiger partial charge is 0.00773 e. The second-order valence-electron chi connectivity index (χ2n) is 5.15. The van der Waals surface area contributed by atoms with Crippen molar-refractivity contribution in [3.05, 3.63) is 43.8 Å². The second kappa shape index (κ2) is 6.03. The van der Waals surface area contributed by atoms with E-state index in [1.807, 2.05) is 22.7 Å². The molecular formula is C16H20S2. The molecule has 2 aromatic rings. The highest BCUT2D eigenvalue weighted by atomic mass is 32.1. The van der Waals surface area contributed by atoms with E-state index < -0.39 is 0 Å². The molecule has 2 heterocycles. The summed E-state index contributed by atoms with van der Waals surface area (Å²) >= 11 is 3.85. The first-order valence-electron chi connectivity index (χ1n) is 7.04. The van der Waals surface area contributed by atoms with Gasteiger partial charge in [-0.1, -0.05) is 6.42 Å². The van der Waals surface area contributed by atoms with Gasteiger partial charge >= 0.3 is 0 Å². The van der Waals surface area contributed by atoms with Crippen LogP contribution in [0.4, 0.5) is 0 Å². The van der Waals surface area contributed by atoms with Crippen molar-refractivity contribution in [2.24, 2.45) is 0 Å². The van der Waals surface area contributed by atoms with Crippen LogP contribution in [0.3, 0.4) is 0 Å². The zero-order valence-corrected chi connectivity index (χ0v) is 12.4. The van der Waals surface area contributed by atoms with E-state index in [4.69, 9.17) is 0 Å². The molecule has 0 unspecified atom stereocenters. The van der Waals surface area contributed by atoms with Crippen molar-refractivity contribution in [1.29, 1.82) is 0 Å². The first-order chi connectivity index (χ1) is 8.93. The van der Waals surface area contributed by atoms with Crippen LogP contribution in [-0.4, -0.2) is 0 Å². The Kier molecular flexibility index (Phi) is 4.16. The number of fused-ring (bicyclic) bond motifs is 2. The third-order valence-corrected chi connectivity index (χ3v) is 5.92. The van der Waals surface area contributed by atoms with Gasteiger partial charge in [0.25, 0.3) is 0 Å². The van der Waals surface area contributed by atoms with E-state index >= 15 is 0 Å². The standard InChI is InChI=1S/C9H12S.C7H8S/c1-2-4-8-6-7-10-9(8)5-3-1;1-2-6-4-5-8-7(6)3-1/h6-7H,1-5H2;4-5H,1-3H2. The lowest BCUT2D eigenvalue weighted by atomic mass is 10.2. The maximum absolute atomic E-state index is 2.30. The highest BCUT2D eigenvalue weighted by Gasteiger charge is 2.09. The van der Waals surface area contributed by atoms with Gasteiger partial charge < -0.3 is 0 Å². The summed E-state index contributed by atoms with van der Waals surface area (Å²) in [6.45, 7) is 0. The molecule has 2 aromatic heterocycles. The lowest BCUT2D eigenvalue weighted by molar-refractivity contribution is 0.712. The molecule has 0 fully saturated rings. The molecule has 0 nitrogen and oxygen atoms in total. The largest absolute Gasteiger partial charge is 0.149 e. The summed E-state index contributed by atoms with van der Waals surface area (Å²) in [4.78, 5) is 3.28. The Bertz CT molecular complexity index is 454. The second-order valence-corrected chi connectivity index (χ2v) is 7.15. The van der Waals surface area contributed by atoms with Gasteiger partial charge in [-0.05, 0) is 79.0 Å². The van der Waals surface area contributed by atoms with E-state index in [1.165, 1.54) is 51.4 Å². The molecule has 0 radical (unpaired) electrons. The van der Waals surface area contributed by atoms with Crippen molar-refractivity contribution in [2.75, 3.05) is 0 Å². The number of hydrogen-bond acceptors (Lipinski definition) is 2. The molecule has 0 atom stereocenters. The summed E-state index contributed by atoms with van der Waals surface area (Å²) in [5.74, 6) is 0. The number of hydrogen-bond donors (Lipinski definition) is 0. The molecule has 0 saturated heterocycles. The molecule has 18 heavy (non-hydrogen) atoms. The maximum Gasteiger partial charge on any atom is 0.00773 e. The quantitative estimate of drug-likeness (QED) is 0.576. The first-order valence-corrected chi connectivity index (χ1v) is 8.80. The van der Waals surface area contributed by atoms with Crippen LogP contribution >= 0.6 is 22.7 Å². The van der Waals surface area contributed by atoms with Gasteiger partial charge in [-0.15, -0.1) is 22.7 Å². The predicted molar refractivity (Wildman–Crippen MR) is 81.9 cm³/mol. The van der Waals surface area contributed by atoms with Crippen LogP contribution < -0.4 is 0 Å². The van der Waals surface area contributed by atoms with Crippen LogP contribution in [0, 0.1) is 0 Å². The maximum atomic E-state index is 2.30. The van der Waals surface area contributed by atoms with Gasteiger partial charge in [0.1, 0.15) is 0 Å². The SMILES string of the molecule is c1cc2c(s1)CCC2.c1cc2c(s1)CCCCC2. The van der Waals surface area contributed by atoms with Crippen LogP contribution in [0.1, 0.15) is 46.6 Å². The Morgan fingerprint density at radius 2 is 1.17 bits per heavy atom. The molecule has 0 amide bonds. The fourth-order valence-corrected chi connectivity index (χ4v) is 4.80. The Morgan fingerprint density at radius 1 is 0.611 bits per heavy atom. The Hall–Kier alpha value is -0.600. The van der Waals surface area contributed by atoms with Crippen LogP contribution in [0.5, 0.6) is 0 Å². The van der Waals surface area contributed by atoms with Crippen molar-refractivity contribution < 1.29 is 0 Å². The Morgan fingerprint density at radius 3 is 1.89 bits per heavy atom. The molecule has 0 N–H and O–H groups in total. The summed E-state index contributed by atoms with van der Waals surface area (Å²) in [7, 11) is 0. The van der Waals surface area contributed by atoms with Gasteiger partial charge in [0, 0.05) is 9.75 Å². The van der Waals surface area contributed by atoms with E-state index in [2.05, 4.69) is 22.9 Å². The van der Waals surface area contributed by atoms with Gasteiger partial charge in [0.05, 0.1) is 0 Å². The highest BCUT2D eigenvalue weighted by Crippen LogP contribution is 2.26. The van der Waals surface area contributed by atoms with E-state index in [0.29, 0.717) is 0 Å². The van der Waals surface area contributed by atoms with Crippen molar-refractivity contribution >= 4 is 22.7 Å². The van der Waals surface area contributed by atoms with Crippen LogP contribution in [-0.2, 0) is 25.7 Å². The van der Waals surface area contributed by atoms with Gasteiger partial charge in [-0.2, -0.15) is 0 Å². The third kappa shape index (κ3) is 2.86. The molecular weight excluding hydrogens is 256 g/mol. The molecule has 0 spiro atoms. The van der Waals surface area contributed by atoms with E-state index in [9.17, 15) is 0 Å². The van der Waals surface area contributed by atoms with Gasteiger partial charge in [-0.25, -0.2) is 0 Å². The molecule has 2 heteroatoms. The van der Waals surface area contributed by atoms with Gasteiger partial charge in [0.15, 0.2) is 0 Å². The molecule has 2 aliphatic rings. The summed E-state index contributed by atoms with van der Waals surface area (Å²) in [5.41, 5.74) is 3.23. The Labute approximate surface area is 118 Å². The molecule has 0 saturated carbocycles. The first kappa shape index (κ1) is 12.4. The average Bonchev–Trinajstić information content (AvgIpc) is 3.05. The van der Waals surface area contributed by atoms with Gasteiger partial charge in [-0.3, -0.25) is 0 Å². The van der Waals surface area contributed by atoms with Crippen LogP contribution in [0.2, 0.25) is 0 Å². The van der Waals surface area contributed by atoms with Crippen molar-refractivity contribution in [3.63, 3.8) is 0 Å². The summed E-state index contributed by atoms with van der Waals surface area (Å²) in [6, 6.07) is 4.55. The lowest BCUT2D eigenvalue weighted by Crippen LogP contribution is -1.80. The molecule has 0 bridgehead atoms. The molecule has 0 aromatic carbocycles. The van der Waals surface area contributed by atoms with Crippen molar-refractivity contribution in [1.82, 2.24) is 0 Å². The topological polar surface area (TPSA) is 0 Å². The number of rotatable bonds is 0. The minimum absolute atomic E-state index is 1.33. The van der Waals surface area contributed by atoms with E-state index in [-0.39, 0.29) is 0 Å². The number of thiophene rings is 2. The summed E-state index contributed by atoms with van der Waals surface area (Å²) in [5, 5.41) is 4.43. The zero-order chi connectivity index (χ0) is 12.2. The lowest BCUT2D eigenvalue weighted by Gasteiger charge is -1.92. The van der Waals surface area contributed by atoms with Gasteiger partial charge in [0.2, 0.25) is 0 Å².